The van der Waals surface area contributed by atoms with Crippen LogP contribution in [0.25, 0.3) is 0 Å². The largest absolute Gasteiger partial charge is 0.460 e. The highest BCUT2D eigenvalue weighted by molar-refractivity contribution is 7.98. The Kier molecular flexibility index (Phi) is 7.11. The highest BCUT2D eigenvalue weighted by atomic mass is 32.2. The highest BCUT2D eigenvalue weighted by Gasteiger charge is 2.47. The molecule has 1 saturated carbocycles. The van der Waals surface area contributed by atoms with Crippen LogP contribution < -0.4 is 4.90 Å². The summed E-state index contributed by atoms with van der Waals surface area (Å²) in [6, 6.07) is 6.25. The maximum atomic E-state index is 13.3. The van der Waals surface area contributed by atoms with E-state index in [0.29, 0.717) is 18.2 Å². The van der Waals surface area contributed by atoms with Gasteiger partial charge in [0.05, 0.1) is 12.1 Å². The number of ether oxygens (including phenoxy) is 1. The monoisotopic (exact) mass is 432 g/mol. The Hall–Kier alpha value is -2.02. The summed E-state index contributed by atoms with van der Waals surface area (Å²) >= 11 is 1.55. The van der Waals surface area contributed by atoms with E-state index in [4.69, 9.17) is 4.74 Å². The standard InChI is InChI=1S/C23H32N2O4S/c1-23(2,3)29-20(26)14-19-21(27)25(17-11-8-12-18(13-17)30-4)22(28)24(19)15-16-9-6-5-7-10-16/h8,11-13,16,19H,5-7,9-10,14-15H2,1-4H3/t19-/m0/s1. The van der Waals surface area contributed by atoms with Crippen LogP contribution >= 0.6 is 11.8 Å². The fourth-order valence-electron chi connectivity index (χ4n) is 4.22. The summed E-state index contributed by atoms with van der Waals surface area (Å²) in [6.07, 6.45) is 7.46. The summed E-state index contributed by atoms with van der Waals surface area (Å²) < 4.78 is 5.45. The first-order chi connectivity index (χ1) is 14.2. The lowest BCUT2D eigenvalue weighted by Crippen LogP contribution is -2.41. The van der Waals surface area contributed by atoms with Crippen molar-refractivity contribution in [1.29, 1.82) is 0 Å². The minimum absolute atomic E-state index is 0.118. The molecule has 0 unspecified atom stereocenters. The van der Waals surface area contributed by atoms with Crippen LogP contribution in [-0.2, 0) is 14.3 Å². The fourth-order valence-corrected chi connectivity index (χ4v) is 4.67. The average Bonchev–Trinajstić information content (AvgIpc) is 2.91. The average molecular weight is 433 g/mol. The molecule has 30 heavy (non-hydrogen) atoms. The summed E-state index contributed by atoms with van der Waals surface area (Å²) in [4.78, 5) is 43.0. The minimum atomic E-state index is -0.813. The molecule has 1 aliphatic carbocycles. The van der Waals surface area contributed by atoms with Gasteiger partial charge in [0.2, 0.25) is 0 Å². The lowest BCUT2D eigenvalue weighted by atomic mass is 9.88. The number of esters is 1. The molecule has 1 saturated heterocycles. The van der Waals surface area contributed by atoms with Crippen molar-refractivity contribution in [2.45, 2.75) is 75.8 Å². The van der Waals surface area contributed by atoms with Gasteiger partial charge in [0.15, 0.2) is 0 Å². The van der Waals surface area contributed by atoms with Gasteiger partial charge in [-0.2, -0.15) is 0 Å². The van der Waals surface area contributed by atoms with Gasteiger partial charge in [0, 0.05) is 11.4 Å². The predicted molar refractivity (Wildman–Crippen MR) is 119 cm³/mol. The van der Waals surface area contributed by atoms with Crippen molar-refractivity contribution in [3.8, 4) is 0 Å². The van der Waals surface area contributed by atoms with Gasteiger partial charge in [-0.15, -0.1) is 11.8 Å². The molecule has 7 heteroatoms. The minimum Gasteiger partial charge on any atom is -0.460 e. The van der Waals surface area contributed by atoms with Crippen LogP contribution in [0.1, 0.15) is 59.3 Å². The van der Waals surface area contributed by atoms with E-state index in [0.717, 1.165) is 30.6 Å². The smallest absolute Gasteiger partial charge is 0.332 e. The van der Waals surface area contributed by atoms with Crippen molar-refractivity contribution in [3.05, 3.63) is 24.3 Å². The molecular weight excluding hydrogens is 400 g/mol. The number of carbonyl (C=O) groups excluding carboxylic acids is 3. The lowest BCUT2D eigenvalue weighted by Gasteiger charge is -2.29. The molecular formula is C23H32N2O4S. The fraction of sp³-hybridized carbons (Fsp3) is 0.609. The van der Waals surface area contributed by atoms with Gasteiger partial charge in [-0.25, -0.2) is 9.69 Å². The van der Waals surface area contributed by atoms with Gasteiger partial charge >= 0.3 is 12.0 Å². The molecule has 3 amide bonds. The number of urea groups is 1. The van der Waals surface area contributed by atoms with Crippen LogP contribution in [0.5, 0.6) is 0 Å². The Morgan fingerprint density at radius 2 is 1.87 bits per heavy atom. The van der Waals surface area contributed by atoms with E-state index in [-0.39, 0.29) is 18.4 Å². The first-order valence-corrected chi connectivity index (χ1v) is 11.9. The highest BCUT2D eigenvalue weighted by Crippen LogP contribution is 2.32. The van der Waals surface area contributed by atoms with Gasteiger partial charge in [-0.1, -0.05) is 25.3 Å². The quantitative estimate of drug-likeness (QED) is 0.365. The van der Waals surface area contributed by atoms with Crippen molar-refractivity contribution >= 4 is 35.4 Å². The summed E-state index contributed by atoms with van der Waals surface area (Å²) in [5.41, 5.74) is -0.0827. The van der Waals surface area contributed by atoms with Crippen molar-refractivity contribution < 1.29 is 19.1 Å². The Bertz CT molecular complexity index is 799. The molecule has 3 rings (SSSR count). The number of nitrogens with zero attached hydrogens (tertiary/aromatic N) is 2. The van der Waals surface area contributed by atoms with E-state index in [1.54, 1.807) is 43.5 Å². The maximum Gasteiger partial charge on any atom is 0.332 e. The van der Waals surface area contributed by atoms with Crippen molar-refractivity contribution in [2.24, 2.45) is 5.92 Å². The second-order valence-corrected chi connectivity index (χ2v) is 10.0. The zero-order chi connectivity index (χ0) is 21.9. The van der Waals surface area contributed by atoms with Gasteiger partial charge in [-0.05, 0) is 64.0 Å². The Morgan fingerprint density at radius 3 is 2.50 bits per heavy atom. The SMILES string of the molecule is CSc1cccc(N2C(=O)[C@H](CC(=O)OC(C)(C)C)N(CC3CCCCC3)C2=O)c1. The van der Waals surface area contributed by atoms with Gasteiger partial charge in [0.1, 0.15) is 11.6 Å². The Labute approximate surface area is 183 Å². The van der Waals surface area contributed by atoms with Crippen molar-refractivity contribution in [3.63, 3.8) is 0 Å². The number of amides is 3. The molecule has 1 heterocycles. The van der Waals surface area contributed by atoms with Gasteiger partial charge in [-0.3, -0.25) is 9.59 Å². The molecule has 1 atom stereocenters. The topological polar surface area (TPSA) is 66.9 Å². The number of carbonyl (C=O) groups is 3. The van der Waals surface area contributed by atoms with E-state index in [2.05, 4.69) is 0 Å². The van der Waals surface area contributed by atoms with E-state index in [1.807, 2.05) is 24.5 Å². The van der Waals surface area contributed by atoms with Gasteiger partial charge < -0.3 is 9.64 Å². The Morgan fingerprint density at radius 1 is 1.17 bits per heavy atom. The number of hydrogen-bond acceptors (Lipinski definition) is 5. The van der Waals surface area contributed by atoms with Crippen LogP contribution in [-0.4, -0.2) is 47.3 Å². The summed E-state index contributed by atoms with van der Waals surface area (Å²) in [6.45, 7) is 5.91. The van der Waals surface area contributed by atoms with Crippen molar-refractivity contribution in [1.82, 2.24) is 4.90 Å². The number of rotatable bonds is 6. The second kappa shape index (κ2) is 9.41. The van der Waals surface area contributed by atoms with E-state index in [9.17, 15) is 14.4 Å². The zero-order valence-electron chi connectivity index (χ0n) is 18.3. The predicted octanol–water partition coefficient (Wildman–Crippen LogP) is 4.86. The van der Waals surface area contributed by atoms with Crippen LogP contribution in [0.4, 0.5) is 10.5 Å². The molecule has 164 valence electrons. The van der Waals surface area contributed by atoms with E-state index < -0.39 is 17.6 Å². The molecule has 6 nitrogen and oxygen atoms in total. The molecule has 1 aromatic rings. The number of benzene rings is 1. The molecule has 2 fully saturated rings. The van der Waals surface area contributed by atoms with Crippen LogP contribution in [0.15, 0.2) is 29.2 Å². The molecule has 0 spiro atoms. The zero-order valence-corrected chi connectivity index (χ0v) is 19.2. The van der Waals surface area contributed by atoms with Crippen LogP contribution in [0.2, 0.25) is 0 Å². The van der Waals surface area contributed by atoms with Crippen LogP contribution in [0.3, 0.4) is 0 Å². The third-order valence-electron chi connectivity index (χ3n) is 5.59. The van der Waals surface area contributed by atoms with Crippen LogP contribution in [0, 0.1) is 5.92 Å². The normalized spacial score (nSPS) is 20.7. The first-order valence-electron chi connectivity index (χ1n) is 10.7. The summed E-state index contributed by atoms with van der Waals surface area (Å²) in [5.74, 6) is -0.434. The number of imide groups is 1. The Balaban J connectivity index is 1.86. The molecule has 2 aliphatic rings. The molecule has 1 aromatic carbocycles. The number of anilines is 1. The van der Waals surface area contributed by atoms with Crippen molar-refractivity contribution in [2.75, 3.05) is 17.7 Å². The molecule has 0 N–H and O–H groups in total. The third-order valence-corrected chi connectivity index (χ3v) is 6.32. The molecule has 0 bridgehead atoms. The first kappa shape index (κ1) is 22.7. The molecule has 0 aromatic heterocycles. The summed E-state index contributed by atoms with van der Waals surface area (Å²) in [5, 5.41) is 0. The molecule has 1 aliphatic heterocycles. The molecule has 0 radical (unpaired) electrons. The number of hydrogen-bond donors (Lipinski definition) is 0. The maximum absolute atomic E-state index is 13.3. The third kappa shape index (κ3) is 5.36. The van der Waals surface area contributed by atoms with E-state index in [1.165, 1.54) is 11.3 Å². The summed E-state index contributed by atoms with van der Waals surface area (Å²) in [7, 11) is 0. The van der Waals surface area contributed by atoms with E-state index >= 15 is 0 Å². The van der Waals surface area contributed by atoms with Gasteiger partial charge in [0.25, 0.3) is 5.91 Å². The second-order valence-electron chi connectivity index (χ2n) is 9.12. The number of thioether (sulfide) groups is 1. The lowest BCUT2D eigenvalue weighted by molar-refractivity contribution is -0.156.